The fourth-order valence-electron chi connectivity index (χ4n) is 4.49. The Bertz CT molecular complexity index is 583. The van der Waals surface area contributed by atoms with E-state index < -0.39 is 5.60 Å². The van der Waals surface area contributed by atoms with E-state index in [4.69, 9.17) is 9.41 Å². The van der Waals surface area contributed by atoms with Crippen LogP contribution < -0.4 is 10.6 Å². The van der Waals surface area contributed by atoms with E-state index in [2.05, 4.69) is 10.6 Å². The number of nitrogens with one attached hydrogen (secondary N) is 2. The topological polar surface area (TPSA) is 73.0 Å². The van der Waals surface area contributed by atoms with Crippen molar-refractivity contribution < 1.29 is 9.52 Å². The van der Waals surface area contributed by atoms with E-state index >= 15 is 0 Å². The maximum absolute atomic E-state index is 10.6. The van der Waals surface area contributed by atoms with Crippen molar-refractivity contribution in [1.82, 2.24) is 15.5 Å². The molecule has 2 fully saturated rings. The maximum Gasteiger partial charge on any atom is 0.191 e. The number of hydrogen-bond donors (Lipinski definition) is 3. The smallest absolute Gasteiger partial charge is 0.191 e. The van der Waals surface area contributed by atoms with E-state index in [1.807, 2.05) is 38.1 Å². The van der Waals surface area contributed by atoms with Crippen LogP contribution in [0.4, 0.5) is 0 Å². The van der Waals surface area contributed by atoms with Crippen LogP contribution in [-0.2, 0) is 6.42 Å². The molecule has 1 aromatic heterocycles. The van der Waals surface area contributed by atoms with Gasteiger partial charge in [-0.1, -0.05) is 6.42 Å². The number of hydrogen-bond acceptors (Lipinski definition) is 4. The van der Waals surface area contributed by atoms with Gasteiger partial charge in [0.15, 0.2) is 5.96 Å². The standard InChI is InChI=1S/C20H34N4O2/c1-20(25,14-24(2)3)13-22-19(21-9-8-17-5-4-10-26-17)23-18-12-15-6-7-16(18)11-15/h4-5,10,15-16,18,25H,6-9,11-14H2,1-3H3,(H2,21,22,23). The van der Waals surface area contributed by atoms with E-state index in [9.17, 15) is 5.11 Å². The highest BCUT2D eigenvalue weighted by molar-refractivity contribution is 5.80. The number of likely N-dealkylation sites (N-methyl/N-ethyl adjacent to an activating group) is 1. The van der Waals surface area contributed by atoms with Crippen molar-refractivity contribution in [2.45, 2.75) is 50.7 Å². The summed E-state index contributed by atoms with van der Waals surface area (Å²) >= 11 is 0. The average molecular weight is 363 g/mol. The summed E-state index contributed by atoms with van der Waals surface area (Å²) in [5, 5.41) is 17.6. The third kappa shape index (κ3) is 5.48. The highest BCUT2D eigenvalue weighted by atomic mass is 16.3. The molecule has 146 valence electrons. The van der Waals surface area contributed by atoms with Gasteiger partial charge in [-0.05, 0) is 64.3 Å². The van der Waals surface area contributed by atoms with Gasteiger partial charge in [-0.15, -0.1) is 0 Å². The fraction of sp³-hybridized carbons (Fsp3) is 0.750. The lowest BCUT2D eigenvalue weighted by Crippen LogP contribution is -2.47. The summed E-state index contributed by atoms with van der Waals surface area (Å²) in [4.78, 5) is 6.69. The molecule has 0 aliphatic heterocycles. The van der Waals surface area contributed by atoms with E-state index in [0.29, 0.717) is 19.1 Å². The Balaban J connectivity index is 1.57. The second-order valence-corrected chi connectivity index (χ2v) is 8.58. The number of furan rings is 1. The Hall–Kier alpha value is -1.53. The lowest BCUT2D eigenvalue weighted by atomic mass is 9.95. The molecule has 3 N–H and O–H groups in total. The Morgan fingerprint density at radius 2 is 2.23 bits per heavy atom. The SMILES string of the molecule is CN(C)CC(C)(O)CN=C(NCCc1ccco1)NC1CC2CCC1C2. The van der Waals surface area contributed by atoms with Gasteiger partial charge in [-0.3, -0.25) is 4.99 Å². The zero-order valence-electron chi connectivity index (χ0n) is 16.4. The minimum absolute atomic E-state index is 0.377. The summed E-state index contributed by atoms with van der Waals surface area (Å²) in [5.41, 5.74) is -0.839. The zero-order chi connectivity index (χ0) is 18.6. The summed E-state index contributed by atoms with van der Waals surface area (Å²) in [6.07, 6.45) is 7.85. The molecule has 4 atom stereocenters. The second-order valence-electron chi connectivity index (χ2n) is 8.58. The van der Waals surface area contributed by atoms with Crippen LogP contribution in [0.15, 0.2) is 27.8 Å². The summed E-state index contributed by atoms with van der Waals surface area (Å²) in [5.74, 6) is 3.45. The predicted molar refractivity (Wildman–Crippen MR) is 104 cm³/mol. The second kappa shape index (κ2) is 8.44. The normalized spacial score (nSPS) is 27.7. The molecule has 0 amide bonds. The summed E-state index contributed by atoms with van der Waals surface area (Å²) in [6.45, 7) is 3.57. The molecule has 0 radical (unpaired) electrons. The van der Waals surface area contributed by atoms with Gasteiger partial charge in [0.05, 0.1) is 18.4 Å². The minimum Gasteiger partial charge on any atom is -0.469 e. The molecule has 2 bridgehead atoms. The first kappa shape index (κ1) is 19.2. The minimum atomic E-state index is -0.839. The molecular formula is C20H34N4O2. The Kier molecular flexibility index (Phi) is 6.24. The van der Waals surface area contributed by atoms with Crippen LogP contribution in [0.3, 0.4) is 0 Å². The number of guanidine groups is 1. The third-order valence-electron chi connectivity index (χ3n) is 5.54. The van der Waals surface area contributed by atoms with Crippen LogP contribution in [0.5, 0.6) is 0 Å². The molecule has 3 rings (SSSR count). The summed E-state index contributed by atoms with van der Waals surface area (Å²) < 4.78 is 5.40. The summed E-state index contributed by atoms with van der Waals surface area (Å²) in [6, 6.07) is 4.42. The van der Waals surface area contributed by atoms with E-state index in [-0.39, 0.29) is 0 Å². The van der Waals surface area contributed by atoms with Crippen LogP contribution >= 0.6 is 0 Å². The molecule has 6 nitrogen and oxygen atoms in total. The third-order valence-corrected chi connectivity index (χ3v) is 5.54. The Morgan fingerprint density at radius 3 is 2.85 bits per heavy atom. The van der Waals surface area contributed by atoms with Gasteiger partial charge in [0.2, 0.25) is 0 Å². The van der Waals surface area contributed by atoms with E-state index in [0.717, 1.165) is 36.5 Å². The van der Waals surface area contributed by atoms with Gasteiger partial charge in [0, 0.05) is 25.6 Å². The molecule has 6 heteroatoms. The van der Waals surface area contributed by atoms with Crippen LogP contribution in [0.25, 0.3) is 0 Å². The predicted octanol–water partition coefficient (Wildman–Crippen LogP) is 1.86. The van der Waals surface area contributed by atoms with Gasteiger partial charge in [-0.2, -0.15) is 0 Å². The summed E-state index contributed by atoms with van der Waals surface area (Å²) in [7, 11) is 3.93. The highest BCUT2D eigenvalue weighted by Crippen LogP contribution is 2.44. The first-order valence-electron chi connectivity index (χ1n) is 9.85. The van der Waals surface area contributed by atoms with Crippen molar-refractivity contribution in [3.05, 3.63) is 24.2 Å². The van der Waals surface area contributed by atoms with E-state index in [1.54, 1.807) is 6.26 Å². The van der Waals surface area contributed by atoms with Crippen LogP contribution in [0.1, 0.15) is 38.4 Å². The largest absolute Gasteiger partial charge is 0.469 e. The molecular weight excluding hydrogens is 328 g/mol. The van der Waals surface area contributed by atoms with Gasteiger partial charge in [0.1, 0.15) is 5.76 Å². The Labute approximate surface area is 157 Å². The van der Waals surface area contributed by atoms with Crippen LogP contribution in [-0.4, -0.2) is 61.3 Å². The molecule has 0 spiro atoms. The number of aliphatic imine (C=N–C) groups is 1. The first-order chi connectivity index (χ1) is 12.4. The number of fused-ring (bicyclic) bond motifs is 2. The number of rotatable bonds is 8. The molecule has 0 saturated heterocycles. The number of aliphatic hydroxyl groups is 1. The quantitative estimate of drug-likeness (QED) is 0.486. The van der Waals surface area contributed by atoms with Crippen molar-refractivity contribution in [2.24, 2.45) is 16.8 Å². The molecule has 26 heavy (non-hydrogen) atoms. The zero-order valence-corrected chi connectivity index (χ0v) is 16.4. The monoisotopic (exact) mass is 362 g/mol. The molecule has 0 aromatic carbocycles. The Morgan fingerprint density at radius 1 is 1.38 bits per heavy atom. The molecule has 2 aliphatic rings. The highest BCUT2D eigenvalue weighted by Gasteiger charge is 2.39. The molecule has 2 aliphatic carbocycles. The average Bonchev–Trinajstić information content (AvgIpc) is 3.29. The number of nitrogens with zero attached hydrogens (tertiary/aromatic N) is 2. The van der Waals surface area contributed by atoms with Crippen LogP contribution in [0.2, 0.25) is 0 Å². The van der Waals surface area contributed by atoms with Gasteiger partial charge in [-0.25, -0.2) is 0 Å². The maximum atomic E-state index is 10.6. The van der Waals surface area contributed by atoms with Crippen molar-refractivity contribution >= 4 is 5.96 Å². The van der Waals surface area contributed by atoms with Gasteiger partial charge < -0.3 is 25.1 Å². The molecule has 1 heterocycles. The lowest BCUT2D eigenvalue weighted by Gasteiger charge is -2.28. The van der Waals surface area contributed by atoms with Crippen LogP contribution in [0, 0.1) is 11.8 Å². The molecule has 1 aromatic rings. The molecule has 4 unspecified atom stereocenters. The van der Waals surface area contributed by atoms with Gasteiger partial charge in [0.25, 0.3) is 0 Å². The van der Waals surface area contributed by atoms with Crippen molar-refractivity contribution in [1.29, 1.82) is 0 Å². The van der Waals surface area contributed by atoms with Crippen molar-refractivity contribution in [3.8, 4) is 0 Å². The van der Waals surface area contributed by atoms with Crippen molar-refractivity contribution in [2.75, 3.05) is 33.7 Å². The van der Waals surface area contributed by atoms with E-state index in [1.165, 1.54) is 25.7 Å². The first-order valence-corrected chi connectivity index (χ1v) is 9.85. The van der Waals surface area contributed by atoms with Crippen molar-refractivity contribution in [3.63, 3.8) is 0 Å². The lowest BCUT2D eigenvalue weighted by molar-refractivity contribution is 0.0423. The molecule has 2 saturated carbocycles. The fourth-order valence-corrected chi connectivity index (χ4v) is 4.49. The van der Waals surface area contributed by atoms with Gasteiger partial charge >= 0.3 is 0 Å².